The fourth-order valence-corrected chi connectivity index (χ4v) is 8.50. The summed E-state index contributed by atoms with van der Waals surface area (Å²) in [7, 11) is -3.29. The average Bonchev–Trinajstić information content (AvgIpc) is 3.64. The van der Waals surface area contributed by atoms with Gasteiger partial charge in [-0.3, -0.25) is 34.3 Å². The highest BCUT2D eigenvalue weighted by Gasteiger charge is 2.42. The first-order valence-corrected chi connectivity index (χ1v) is 21.7. The number of pyridine rings is 1. The second-order valence-corrected chi connectivity index (χ2v) is 17.1. The minimum Gasteiger partial charge on any atom is -0.369 e. The summed E-state index contributed by atoms with van der Waals surface area (Å²) >= 11 is 0. The minimum absolute atomic E-state index is 0.0148. The molecule has 0 bridgehead atoms. The van der Waals surface area contributed by atoms with Crippen molar-refractivity contribution in [3.63, 3.8) is 0 Å². The van der Waals surface area contributed by atoms with Gasteiger partial charge in [0.1, 0.15) is 6.04 Å². The number of piperazine rings is 1. The third kappa shape index (κ3) is 8.74. The molecule has 4 amide bonds. The van der Waals surface area contributed by atoms with Crippen molar-refractivity contribution >= 4 is 56.4 Å². The molecule has 2 aromatic heterocycles. The van der Waals surface area contributed by atoms with Crippen LogP contribution in [0.1, 0.15) is 60.0 Å². The molecule has 2 fully saturated rings. The number of imide groups is 2. The monoisotopic (exact) mass is 812 g/mol. The highest BCUT2D eigenvalue weighted by atomic mass is 32.2. The average molecular weight is 813 g/mol. The maximum atomic E-state index is 13.3. The number of anilines is 3. The molecular formula is C44H44N8O6S. The third-order valence-corrected chi connectivity index (χ3v) is 12.2. The lowest BCUT2D eigenvalue weighted by Crippen LogP contribution is -2.58. The summed E-state index contributed by atoms with van der Waals surface area (Å²) in [6, 6.07) is 25.0. The van der Waals surface area contributed by atoms with Gasteiger partial charge in [-0.05, 0) is 92.0 Å². The summed E-state index contributed by atoms with van der Waals surface area (Å²) in [6.45, 7) is 4.89. The summed E-state index contributed by atoms with van der Waals surface area (Å²) in [6.07, 6.45) is 5.19. The van der Waals surface area contributed by atoms with E-state index in [1.165, 1.54) is 6.26 Å². The second kappa shape index (κ2) is 16.8. The van der Waals surface area contributed by atoms with Crippen molar-refractivity contribution in [3.8, 4) is 23.1 Å². The molecule has 15 heteroatoms. The van der Waals surface area contributed by atoms with Gasteiger partial charge >= 0.3 is 0 Å². The lowest BCUT2D eigenvalue weighted by molar-refractivity contribution is -0.143. The van der Waals surface area contributed by atoms with Crippen LogP contribution in [0.5, 0.6) is 0 Å². The van der Waals surface area contributed by atoms with Crippen LogP contribution >= 0.6 is 0 Å². The van der Waals surface area contributed by atoms with E-state index in [-0.39, 0.29) is 24.2 Å². The highest BCUT2D eigenvalue weighted by Crippen LogP contribution is 2.28. The van der Waals surface area contributed by atoms with Gasteiger partial charge in [0.15, 0.2) is 15.5 Å². The number of hydrogen-bond acceptors (Lipinski definition) is 11. The number of rotatable bonds is 11. The molecule has 3 aliphatic rings. The van der Waals surface area contributed by atoms with Gasteiger partial charge in [-0.2, -0.15) is 4.98 Å². The molecule has 2 saturated heterocycles. The van der Waals surface area contributed by atoms with Crippen molar-refractivity contribution in [2.75, 3.05) is 49.2 Å². The smallest absolute Gasteiger partial charge is 0.261 e. The molecule has 302 valence electrons. The number of carbonyl (C=O) groups is 4. The van der Waals surface area contributed by atoms with Crippen LogP contribution in [0.4, 0.5) is 17.3 Å². The van der Waals surface area contributed by atoms with Gasteiger partial charge in [0.05, 0.1) is 17.0 Å². The molecule has 59 heavy (non-hydrogen) atoms. The Morgan fingerprint density at radius 3 is 2.37 bits per heavy atom. The van der Waals surface area contributed by atoms with Gasteiger partial charge in [-0.15, -0.1) is 5.10 Å². The Labute approximate surface area is 342 Å². The predicted octanol–water partition coefficient (Wildman–Crippen LogP) is 4.61. The molecule has 1 atom stereocenters. The Morgan fingerprint density at radius 2 is 1.63 bits per heavy atom. The van der Waals surface area contributed by atoms with Crippen molar-refractivity contribution in [1.29, 1.82) is 0 Å². The second-order valence-electron chi connectivity index (χ2n) is 15.1. The van der Waals surface area contributed by atoms with Crippen LogP contribution in [0.25, 0.3) is 16.9 Å². The standard InChI is InChI=1S/C44H44N8O6S/c1-59(57,58)34-20-14-31(15-21-34)37-12-8-13-39-46-44(48-52(37)39)45-32-16-18-33(19-17-32)50-27-25-49(26-28-50)24-6-4-2-3-5-9-30-10-7-11-35-36(30)29-41(54)51(43(35)56)38-22-23-40(53)47-42(38)55/h7-8,10-21,38H,2-4,6,22-29H2,1H3,(H,45,48)(H,47,53,55). The van der Waals surface area contributed by atoms with Gasteiger partial charge in [0.2, 0.25) is 23.7 Å². The lowest BCUT2D eigenvalue weighted by Gasteiger charge is -2.36. The van der Waals surface area contributed by atoms with Crippen LogP contribution in [0, 0.1) is 11.8 Å². The number of benzene rings is 3. The van der Waals surface area contributed by atoms with Crippen molar-refractivity contribution in [3.05, 3.63) is 102 Å². The van der Waals surface area contributed by atoms with Crippen LogP contribution in [0.2, 0.25) is 0 Å². The number of nitrogens with zero attached hydrogens (tertiary/aromatic N) is 6. The molecule has 3 aromatic carbocycles. The summed E-state index contributed by atoms with van der Waals surface area (Å²) in [5.74, 6) is 4.89. The number of hydrogen-bond donors (Lipinski definition) is 2. The maximum Gasteiger partial charge on any atom is 0.261 e. The first kappa shape index (κ1) is 39.5. The molecule has 0 aliphatic carbocycles. The van der Waals surface area contributed by atoms with Crippen molar-refractivity contribution in [1.82, 2.24) is 29.7 Å². The number of fused-ring (bicyclic) bond motifs is 2. The number of sulfone groups is 1. The van der Waals surface area contributed by atoms with Gasteiger partial charge in [0, 0.05) is 73.3 Å². The van der Waals surface area contributed by atoms with Crippen LogP contribution in [0.3, 0.4) is 0 Å². The van der Waals surface area contributed by atoms with Crippen molar-refractivity contribution < 1.29 is 27.6 Å². The molecule has 1 unspecified atom stereocenters. The summed E-state index contributed by atoms with van der Waals surface area (Å²) in [5.41, 5.74) is 5.98. The fourth-order valence-electron chi connectivity index (χ4n) is 7.87. The molecule has 5 heterocycles. The zero-order chi connectivity index (χ0) is 41.1. The lowest BCUT2D eigenvalue weighted by atomic mass is 9.91. The first-order chi connectivity index (χ1) is 28.5. The van der Waals surface area contributed by atoms with Gasteiger partial charge in [0.25, 0.3) is 5.91 Å². The molecule has 5 aromatic rings. The number of unbranched alkanes of at least 4 members (excludes halogenated alkanes) is 3. The summed E-state index contributed by atoms with van der Waals surface area (Å²) in [5, 5.41) is 10.2. The number of amides is 4. The number of nitrogens with one attached hydrogen (secondary N) is 2. The van der Waals surface area contributed by atoms with E-state index < -0.39 is 39.5 Å². The molecule has 0 saturated carbocycles. The van der Waals surface area contributed by atoms with E-state index in [1.54, 1.807) is 40.9 Å². The zero-order valence-corrected chi connectivity index (χ0v) is 33.5. The van der Waals surface area contributed by atoms with Gasteiger partial charge in [-0.25, -0.2) is 12.9 Å². The maximum absolute atomic E-state index is 13.3. The van der Waals surface area contributed by atoms with E-state index in [9.17, 15) is 27.6 Å². The molecule has 8 rings (SSSR count). The molecule has 14 nitrogen and oxygen atoms in total. The fraction of sp³-hybridized carbons (Fsp3) is 0.318. The number of carbonyl (C=O) groups excluding carboxylic acids is 4. The van der Waals surface area contributed by atoms with E-state index >= 15 is 0 Å². The normalized spacial score (nSPS) is 17.4. The predicted molar refractivity (Wildman–Crippen MR) is 223 cm³/mol. The first-order valence-electron chi connectivity index (χ1n) is 19.8. The van der Waals surface area contributed by atoms with Crippen LogP contribution in [-0.4, -0.2) is 101 Å². The van der Waals surface area contributed by atoms with Crippen LogP contribution < -0.4 is 15.5 Å². The minimum atomic E-state index is -3.29. The topological polar surface area (TPSA) is 166 Å². The van der Waals surface area contributed by atoms with Gasteiger partial charge < -0.3 is 10.2 Å². The quantitative estimate of drug-likeness (QED) is 0.109. The largest absolute Gasteiger partial charge is 0.369 e. The summed E-state index contributed by atoms with van der Waals surface area (Å²) in [4.78, 5) is 61.1. The van der Waals surface area contributed by atoms with Crippen molar-refractivity contribution in [2.24, 2.45) is 0 Å². The highest BCUT2D eigenvalue weighted by molar-refractivity contribution is 7.90. The SMILES string of the molecule is CS(=O)(=O)c1ccc(-c2cccc3nc(Nc4ccc(N5CCN(CCCCCC#Cc6cccc7c6CC(=O)N(C6CCC(=O)NC6=O)C7=O)CC5)cc4)nn23)cc1. The number of piperidine rings is 1. The van der Waals surface area contributed by atoms with Gasteiger partial charge in [-0.1, -0.05) is 42.5 Å². The van der Waals surface area contributed by atoms with E-state index in [2.05, 4.69) is 54.5 Å². The Hall–Kier alpha value is -6.37. The van der Waals surface area contributed by atoms with E-state index in [1.807, 2.05) is 36.4 Å². The number of aromatic nitrogens is 3. The molecule has 2 N–H and O–H groups in total. The molecule has 3 aliphatic heterocycles. The van der Waals surface area contributed by atoms with E-state index in [4.69, 9.17) is 0 Å². The molecular weight excluding hydrogens is 769 g/mol. The molecule has 0 radical (unpaired) electrons. The van der Waals surface area contributed by atoms with E-state index in [0.29, 0.717) is 34.7 Å². The van der Waals surface area contributed by atoms with Crippen LogP contribution in [-0.2, 0) is 30.6 Å². The summed E-state index contributed by atoms with van der Waals surface area (Å²) < 4.78 is 25.6. The zero-order valence-electron chi connectivity index (χ0n) is 32.7. The Bertz CT molecular complexity index is 2610. The Balaban J connectivity index is 0.772. The van der Waals surface area contributed by atoms with Crippen molar-refractivity contribution in [2.45, 2.75) is 55.9 Å². The van der Waals surface area contributed by atoms with E-state index in [0.717, 1.165) is 79.5 Å². The molecule has 0 spiro atoms. The Kier molecular flexibility index (Phi) is 11.3. The Morgan fingerprint density at radius 1 is 0.864 bits per heavy atom. The van der Waals surface area contributed by atoms with Crippen LogP contribution in [0.15, 0.2) is 89.8 Å². The third-order valence-electron chi connectivity index (χ3n) is 11.0.